The average Bonchev–Trinajstić information content (AvgIpc) is 2.83. The largest absolute Gasteiger partial charge is 0.471 e. The summed E-state index contributed by atoms with van der Waals surface area (Å²) >= 11 is 0. The highest BCUT2D eigenvalue weighted by Crippen LogP contribution is 2.35. The van der Waals surface area contributed by atoms with E-state index in [1.54, 1.807) is 6.07 Å². The van der Waals surface area contributed by atoms with Gasteiger partial charge < -0.3 is 20.5 Å². The van der Waals surface area contributed by atoms with Gasteiger partial charge in [-0.05, 0) is 32.0 Å². The maximum Gasteiger partial charge on any atom is 0.269 e. The number of aromatic nitrogens is 2. The Balaban J connectivity index is 1.60. The third-order valence-electron chi connectivity index (χ3n) is 3.87. The van der Waals surface area contributed by atoms with Crippen molar-refractivity contribution in [2.75, 3.05) is 19.7 Å². The smallest absolute Gasteiger partial charge is 0.269 e. The zero-order valence-electron chi connectivity index (χ0n) is 11.2. The molecule has 1 aromatic heterocycles. The molecule has 3 rings (SSSR count). The zero-order chi connectivity index (χ0) is 14.0. The number of nitrogens with one attached hydrogen (secondary N) is 1. The summed E-state index contributed by atoms with van der Waals surface area (Å²) in [6.07, 6.45) is 2.88. The molecule has 0 bridgehead atoms. The van der Waals surface area contributed by atoms with E-state index in [1.165, 1.54) is 6.07 Å². The van der Waals surface area contributed by atoms with Gasteiger partial charge in [-0.25, -0.2) is 0 Å². The number of primary amides is 1. The third-order valence-corrected chi connectivity index (χ3v) is 3.87. The molecule has 7 nitrogen and oxygen atoms in total. The van der Waals surface area contributed by atoms with Crippen molar-refractivity contribution < 1.29 is 14.3 Å². The Morgan fingerprint density at radius 1 is 1.40 bits per heavy atom. The molecular weight excluding hydrogens is 260 g/mol. The van der Waals surface area contributed by atoms with E-state index in [1.807, 2.05) is 0 Å². The van der Waals surface area contributed by atoms with Crippen LogP contribution in [0.4, 0.5) is 0 Å². The summed E-state index contributed by atoms with van der Waals surface area (Å²) in [7, 11) is 0. The van der Waals surface area contributed by atoms with Gasteiger partial charge in [-0.3, -0.25) is 4.79 Å². The summed E-state index contributed by atoms with van der Waals surface area (Å²) < 4.78 is 11.7. The van der Waals surface area contributed by atoms with Gasteiger partial charge in [0.2, 0.25) is 5.88 Å². The van der Waals surface area contributed by atoms with Gasteiger partial charge in [0.05, 0.1) is 12.2 Å². The Hall–Kier alpha value is -1.73. The Kier molecular flexibility index (Phi) is 3.54. The fraction of sp³-hybridized carbons (Fsp3) is 0.615. The predicted molar refractivity (Wildman–Crippen MR) is 70.4 cm³/mol. The second-order valence-corrected chi connectivity index (χ2v) is 5.31. The van der Waals surface area contributed by atoms with Gasteiger partial charge in [0.15, 0.2) is 5.69 Å². The monoisotopic (exact) mass is 278 g/mol. The molecule has 2 aliphatic rings. The fourth-order valence-corrected chi connectivity index (χ4v) is 2.79. The Bertz CT molecular complexity index is 485. The average molecular weight is 278 g/mol. The summed E-state index contributed by atoms with van der Waals surface area (Å²) in [6.45, 7) is 2.54. The number of carbonyl (C=O) groups is 1. The second kappa shape index (κ2) is 5.34. The van der Waals surface area contributed by atoms with Crippen molar-refractivity contribution in [3.63, 3.8) is 0 Å². The Morgan fingerprint density at radius 2 is 2.20 bits per heavy atom. The highest BCUT2D eigenvalue weighted by Gasteiger charge is 2.42. The molecule has 0 saturated carbocycles. The first-order valence-electron chi connectivity index (χ1n) is 6.82. The van der Waals surface area contributed by atoms with Crippen LogP contribution in [-0.2, 0) is 4.74 Å². The molecule has 0 radical (unpaired) electrons. The fourth-order valence-electron chi connectivity index (χ4n) is 2.79. The molecule has 1 unspecified atom stereocenters. The van der Waals surface area contributed by atoms with Gasteiger partial charge in [-0.15, -0.1) is 10.2 Å². The third kappa shape index (κ3) is 2.73. The Labute approximate surface area is 116 Å². The minimum atomic E-state index is -0.595. The van der Waals surface area contributed by atoms with Crippen molar-refractivity contribution in [2.45, 2.75) is 31.0 Å². The Morgan fingerprint density at radius 3 is 2.85 bits per heavy atom. The molecule has 2 aliphatic heterocycles. The first-order valence-corrected chi connectivity index (χ1v) is 6.82. The van der Waals surface area contributed by atoms with Crippen LogP contribution in [0.3, 0.4) is 0 Å². The quantitative estimate of drug-likeness (QED) is 0.798. The minimum absolute atomic E-state index is 0.0122. The minimum Gasteiger partial charge on any atom is -0.471 e. The van der Waals surface area contributed by atoms with Gasteiger partial charge >= 0.3 is 0 Å². The van der Waals surface area contributed by atoms with Crippen molar-refractivity contribution in [3.05, 3.63) is 17.8 Å². The first-order chi connectivity index (χ1) is 9.67. The summed E-state index contributed by atoms with van der Waals surface area (Å²) in [5.74, 6) is -0.198. The molecule has 1 amide bonds. The topological polar surface area (TPSA) is 99.4 Å². The van der Waals surface area contributed by atoms with Crippen LogP contribution in [0.25, 0.3) is 0 Å². The van der Waals surface area contributed by atoms with Crippen molar-refractivity contribution in [1.29, 1.82) is 0 Å². The van der Waals surface area contributed by atoms with Gasteiger partial charge in [0, 0.05) is 12.5 Å². The van der Waals surface area contributed by atoms with Crippen LogP contribution < -0.4 is 15.8 Å². The van der Waals surface area contributed by atoms with E-state index < -0.39 is 5.91 Å². The lowest BCUT2D eigenvalue weighted by Gasteiger charge is -2.32. The lowest BCUT2D eigenvalue weighted by Crippen LogP contribution is -2.41. The van der Waals surface area contributed by atoms with Crippen molar-refractivity contribution >= 4 is 5.91 Å². The number of carbonyl (C=O) groups excluding carboxylic acids is 1. The van der Waals surface area contributed by atoms with Crippen molar-refractivity contribution in [2.24, 2.45) is 5.73 Å². The maximum atomic E-state index is 10.9. The van der Waals surface area contributed by atoms with E-state index in [2.05, 4.69) is 15.5 Å². The predicted octanol–water partition coefficient (Wildman–Crippen LogP) is -0.135. The zero-order valence-corrected chi connectivity index (χ0v) is 11.2. The summed E-state index contributed by atoms with van der Waals surface area (Å²) in [5, 5.41) is 10.9. The van der Waals surface area contributed by atoms with E-state index in [9.17, 15) is 4.79 Å². The van der Waals surface area contributed by atoms with Gasteiger partial charge in [0.25, 0.3) is 5.91 Å². The number of hydrogen-bond donors (Lipinski definition) is 2. The molecule has 1 atom stereocenters. The van der Waals surface area contributed by atoms with E-state index in [4.69, 9.17) is 15.2 Å². The molecule has 1 aromatic rings. The SMILES string of the molecule is NC(=O)c1ccc(OC2COC3(CCNCC3)C2)nn1. The molecule has 3 N–H and O–H groups in total. The molecular formula is C13H18N4O3. The normalized spacial score (nSPS) is 24.7. The van der Waals surface area contributed by atoms with Gasteiger partial charge in [0.1, 0.15) is 6.10 Å². The van der Waals surface area contributed by atoms with Crippen molar-refractivity contribution in [1.82, 2.24) is 15.5 Å². The number of rotatable bonds is 3. The lowest BCUT2D eigenvalue weighted by atomic mass is 9.89. The maximum absolute atomic E-state index is 10.9. The number of amides is 1. The summed E-state index contributed by atoms with van der Waals surface area (Å²) in [6, 6.07) is 3.13. The van der Waals surface area contributed by atoms with Crippen LogP contribution in [0.2, 0.25) is 0 Å². The number of nitrogens with two attached hydrogens (primary N) is 1. The second-order valence-electron chi connectivity index (χ2n) is 5.31. The van der Waals surface area contributed by atoms with Crippen LogP contribution in [0.1, 0.15) is 29.8 Å². The molecule has 1 spiro atoms. The molecule has 0 aliphatic carbocycles. The number of nitrogens with zero attached hydrogens (tertiary/aromatic N) is 2. The number of ether oxygens (including phenoxy) is 2. The molecule has 2 fully saturated rings. The number of hydrogen-bond acceptors (Lipinski definition) is 6. The highest BCUT2D eigenvalue weighted by atomic mass is 16.6. The van der Waals surface area contributed by atoms with Crippen LogP contribution in [0.15, 0.2) is 12.1 Å². The molecule has 2 saturated heterocycles. The van der Waals surface area contributed by atoms with E-state index in [0.29, 0.717) is 12.5 Å². The first kappa shape index (κ1) is 13.3. The summed E-state index contributed by atoms with van der Waals surface area (Å²) in [4.78, 5) is 10.9. The summed E-state index contributed by atoms with van der Waals surface area (Å²) in [5.41, 5.74) is 5.20. The van der Waals surface area contributed by atoms with Crippen LogP contribution >= 0.6 is 0 Å². The van der Waals surface area contributed by atoms with Crippen LogP contribution in [0, 0.1) is 0 Å². The highest BCUT2D eigenvalue weighted by molar-refractivity contribution is 5.90. The van der Waals surface area contributed by atoms with Crippen LogP contribution in [0.5, 0.6) is 5.88 Å². The van der Waals surface area contributed by atoms with E-state index in [0.717, 1.165) is 32.4 Å². The lowest BCUT2D eigenvalue weighted by molar-refractivity contribution is -0.0206. The standard InChI is InChI=1S/C13H18N4O3/c14-12(18)10-1-2-11(17-16-10)20-9-7-13(19-8-9)3-5-15-6-4-13/h1-2,9,15H,3-8H2,(H2,14,18). The van der Waals surface area contributed by atoms with E-state index in [-0.39, 0.29) is 17.4 Å². The van der Waals surface area contributed by atoms with E-state index >= 15 is 0 Å². The molecule has 7 heteroatoms. The van der Waals surface area contributed by atoms with Crippen LogP contribution in [-0.4, -0.2) is 47.5 Å². The molecule has 3 heterocycles. The molecule has 0 aromatic carbocycles. The van der Waals surface area contributed by atoms with Gasteiger partial charge in [-0.2, -0.15) is 0 Å². The molecule has 108 valence electrons. The van der Waals surface area contributed by atoms with Gasteiger partial charge in [-0.1, -0.05) is 0 Å². The number of piperidine rings is 1. The van der Waals surface area contributed by atoms with Crippen molar-refractivity contribution in [3.8, 4) is 5.88 Å². The molecule has 20 heavy (non-hydrogen) atoms.